The van der Waals surface area contributed by atoms with E-state index in [1.807, 2.05) is 66.9 Å². The number of hydrazone groups is 1. The molecular weight excluding hydrogens is 310 g/mol. The summed E-state index contributed by atoms with van der Waals surface area (Å²) in [7, 11) is 0. The van der Waals surface area contributed by atoms with Gasteiger partial charge in [0.2, 0.25) is 0 Å². The summed E-state index contributed by atoms with van der Waals surface area (Å²) in [5.41, 5.74) is 3.19. The van der Waals surface area contributed by atoms with Crippen LogP contribution in [0.2, 0.25) is 0 Å². The van der Waals surface area contributed by atoms with Crippen LogP contribution >= 0.6 is 0 Å². The second kappa shape index (κ2) is 6.93. The molecule has 4 heteroatoms. The van der Waals surface area contributed by atoms with Gasteiger partial charge in [-0.1, -0.05) is 48.5 Å². The van der Waals surface area contributed by atoms with Crippen molar-refractivity contribution in [3.05, 3.63) is 78.0 Å². The molecular formula is C21H21N3O. The zero-order valence-corrected chi connectivity index (χ0v) is 14.1. The lowest BCUT2D eigenvalue weighted by Gasteiger charge is -2.25. The normalized spacial score (nSPS) is 19.4. The lowest BCUT2D eigenvalue weighted by atomic mass is 10.0. The van der Waals surface area contributed by atoms with Gasteiger partial charge in [0.15, 0.2) is 0 Å². The summed E-state index contributed by atoms with van der Waals surface area (Å²) in [5, 5.41) is 6.17. The van der Waals surface area contributed by atoms with Crippen LogP contribution < -0.4 is 5.01 Å². The van der Waals surface area contributed by atoms with E-state index in [9.17, 15) is 4.79 Å². The largest absolute Gasteiger partial charge is 0.377 e. The van der Waals surface area contributed by atoms with E-state index in [-0.39, 0.29) is 5.91 Å². The number of piperidine rings is 1. The average molecular weight is 331 g/mol. The maximum absolute atomic E-state index is 13.1. The fraction of sp³-hybridized carbons (Fsp3) is 0.238. The number of carbonyl (C=O) groups is 1. The molecule has 1 saturated heterocycles. The summed E-state index contributed by atoms with van der Waals surface area (Å²) >= 11 is 0. The first-order valence-corrected chi connectivity index (χ1v) is 8.83. The zero-order valence-electron chi connectivity index (χ0n) is 14.1. The van der Waals surface area contributed by atoms with Crippen molar-refractivity contribution >= 4 is 17.3 Å². The number of nitrogens with zero attached hydrogens (tertiary/aromatic N) is 3. The molecule has 25 heavy (non-hydrogen) atoms. The Morgan fingerprint density at radius 3 is 2.16 bits per heavy atom. The second-order valence-electron chi connectivity index (χ2n) is 6.41. The lowest BCUT2D eigenvalue weighted by molar-refractivity contribution is -0.114. The van der Waals surface area contributed by atoms with Gasteiger partial charge in [0, 0.05) is 24.9 Å². The number of hydrogen-bond donors (Lipinski definition) is 0. The van der Waals surface area contributed by atoms with Crippen LogP contribution in [0.25, 0.3) is 0 Å². The van der Waals surface area contributed by atoms with Crippen LogP contribution in [0.4, 0.5) is 5.69 Å². The molecule has 4 rings (SSSR count). The van der Waals surface area contributed by atoms with E-state index >= 15 is 0 Å². The predicted molar refractivity (Wildman–Crippen MR) is 100 cm³/mol. The molecule has 0 saturated carbocycles. The molecule has 2 aromatic carbocycles. The molecule has 1 amide bonds. The summed E-state index contributed by atoms with van der Waals surface area (Å²) in [6, 6.07) is 19.6. The third-order valence-corrected chi connectivity index (χ3v) is 4.63. The Morgan fingerprint density at radius 2 is 1.48 bits per heavy atom. The Hall–Kier alpha value is -2.88. The molecule has 0 atom stereocenters. The van der Waals surface area contributed by atoms with E-state index in [1.54, 1.807) is 0 Å². The van der Waals surface area contributed by atoms with Crippen LogP contribution in [0, 0.1) is 0 Å². The molecule has 0 N–H and O–H groups in total. The van der Waals surface area contributed by atoms with E-state index in [1.165, 1.54) is 24.3 Å². The monoisotopic (exact) mass is 331 g/mol. The third kappa shape index (κ3) is 3.20. The van der Waals surface area contributed by atoms with Gasteiger partial charge in [0.25, 0.3) is 5.91 Å². The minimum Gasteiger partial charge on any atom is -0.377 e. The quantitative estimate of drug-likeness (QED) is 0.802. The van der Waals surface area contributed by atoms with E-state index in [0.29, 0.717) is 5.57 Å². The van der Waals surface area contributed by atoms with E-state index in [0.717, 1.165) is 30.1 Å². The van der Waals surface area contributed by atoms with Gasteiger partial charge in [-0.3, -0.25) is 4.79 Å². The van der Waals surface area contributed by atoms with E-state index < -0.39 is 0 Å². The second-order valence-corrected chi connectivity index (χ2v) is 6.41. The Morgan fingerprint density at radius 1 is 0.840 bits per heavy atom. The fourth-order valence-corrected chi connectivity index (χ4v) is 3.31. The van der Waals surface area contributed by atoms with Crippen molar-refractivity contribution in [2.45, 2.75) is 19.3 Å². The standard InChI is InChI=1S/C21H21N3O/c25-21-19(16-23-14-8-3-9-15-23)20(17-10-4-1-5-11-17)22-24(21)18-12-6-2-7-13-18/h1-2,4-7,10-13,16H,3,8-9,14-15H2. The molecule has 2 heterocycles. The topological polar surface area (TPSA) is 35.9 Å². The summed E-state index contributed by atoms with van der Waals surface area (Å²) in [6.07, 6.45) is 5.63. The van der Waals surface area contributed by atoms with Crippen molar-refractivity contribution in [3.8, 4) is 0 Å². The van der Waals surface area contributed by atoms with Crippen LogP contribution in [0.5, 0.6) is 0 Å². The number of amides is 1. The number of para-hydroxylation sites is 1. The van der Waals surface area contributed by atoms with Crippen molar-refractivity contribution in [1.29, 1.82) is 0 Å². The van der Waals surface area contributed by atoms with Crippen molar-refractivity contribution in [2.75, 3.05) is 18.1 Å². The molecule has 0 unspecified atom stereocenters. The zero-order chi connectivity index (χ0) is 17.1. The summed E-state index contributed by atoms with van der Waals surface area (Å²) in [6.45, 7) is 2.01. The molecule has 2 aliphatic rings. The van der Waals surface area contributed by atoms with Crippen molar-refractivity contribution < 1.29 is 4.79 Å². The van der Waals surface area contributed by atoms with Gasteiger partial charge in [0.1, 0.15) is 5.71 Å². The van der Waals surface area contributed by atoms with E-state index in [4.69, 9.17) is 0 Å². The van der Waals surface area contributed by atoms with Crippen molar-refractivity contribution in [3.63, 3.8) is 0 Å². The first-order valence-electron chi connectivity index (χ1n) is 8.83. The van der Waals surface area contributed by atoms with Crippen LogP contribution in [0.3, 0.4) is 0 Å². The molecule has 2 aliphatic heterocycles. The van der Waals surface area contributed by atoms with E-state index in [2.05, 4.69) is 10.0 Å². The van der Waals surface area contributed by atoms with Gasteiger partial charge in [-0.2, -0.15) is 10.1 Å². The highest BCUT2D eigenvalue weighted by atomic mass is 16.2. The molecule has 4 nitrogen and oxygen atoms in total. The summed E-state index contributed by atoms with van der Waals surface area (Å²) < 4.78 is 0. The SMILES string of the molecule is O=C1C(=CN2CCCCC2)C(c2ccccc2)=NN1c1ccccc1. The average Bonchev–Trinajstić information content (AvgIpc) is 3.01. The number of hydrogen-bond acceptors (Lipinski definition) is 3. The first kappa shape index (κ1) is 15.6. The third-order valence-electron chi connectivity index (χ3n) is 4.63. The van der Waals surface area contributed by atoms with Crippen LogP contribution in [-0.4, -0.2) is 29.6 Å². The van der Waals surface area contributed by atoms with Gasteiger partial charge >= 0.3 is 0 Å². The first-order chi connectivity index (χ1) is 12.3. The highest BCUT2D eigenvalue weighted by molar-refractivity contribution is 6.35. The fourth-order valence-electron chi connectivity index (χ4n) is 3.31. The smallest absolute Gasteiger partial charge is 0.282 e. The molecule has 0 radical (unpaired) electrons. The highest BCUT2D eigenvalue weighted by Crippen LogP contribution is 2.27. The van der Waals surface area contributed by atoms with Gasteiger partial charge < -0.3 is 4.90 Å². The minimum absolute atomic E-state index is 0.0596. The predicted octanol–water partition coefficient (Wildman–Crippen LogP) is 3.81. The Bertz CT molecular complexity index is 806. The van der Waals surface area contributed by atoms with Crippen molar-refractivity contribution in [2.24, 2.45) is 5.10 Å². The number of anilines is 1. The van der Waals surface area contributed by atoms with Gasteiger partial charge in [-0.15, -0.1) is 0 Å². The van der Waals surface area contributed by atoms with Crippen LogP contribution in [-0.2, 0) is 4.79 Å². The maximum atomic E-state index is 13.1. The number of benzene rings is 2. The molecule has 2 aromatic rings. The van der Waals surface area contributed by atoms with Gasteiger partial charge in [-0.25, -0.2) is 0 Å². The lowest BCUT2D eigenvalue weighted by Crippen LogP contribution is -2.28. The maximum Gasteiger partial charge on any atom is 0.282 e. The van der Waals surface area contributed by atoms with Gasteiger partial charge in [0.05, 0.1) is 11.3 Å². The molecule has 0 aromatic heterocycles. The van der Waals surface area contributed by atoms with Crippen molar-refractivity contribution in [1.82, 2.24) is 4.90 Å². The molecule has 1 fully saturated rings. The molecule has 0 bridgehead atoms. The Labute approximate surface area is 148 Å². The summed E-state index contributed by atoms with van der Waals surface area (Å²) in [5.74, 6) is -0.0596. The minimum atomic E-state index is -0.0596. The van der Waals surface area contributed by atoms with Crippen LogP contribution in [0.15, 0.2) is 77.5 Å². The van der Waals surface area contributed by atoms with Crippen LogP contribution in [0.1, 0.15) is 24.8 Å². The molecule has 0 spiro atoms. The Kier molecular flexibility index (Phi) is 4.34. The number of likely N-dealkylation sites (tertiary alicyclic amines) is 1. The Balaban J connectivity index is 1.74. The summed E-state index contributed by atoms with van der Waals surface area (Å²) in [4.78, 5) is 15.3. The van der Waals surface area contributed by atoms with Gasteiger partial charge in [-0.05, 0) is 31.4 Å². The highest BCUT2D eigenvalue weighted by Gasteiger charge is 2.32. The number of rotatable bonds is 3. The molecule has 126 valence electrons. The molecule has 0 aliphatic carbocycles. The number of carbonyl (C=O) groups excluding carboxylic acids is 1.